The maximum Gasteiger partial charge on any atom is 0.294 e. The molecule has 0 atom stereocenters. The van der Waals surface area contributed by atoms with Crippen LogP contribution in [0.4, 0.5) is 10.5 Å². The van der Waals surface area contributed by atoms with Crippen molar-refractivity contribution < 1.29 is 14.4 Å². The molecule has 3 amide bonds. The Bertz CT molecular complexity index is 917. The number of hydrogen-bond donors (Lipinski definition) is 0. The van der Waals surface area contributed by atoms with Gasteiger partial charge in [-0.25, -0.2) is 0 Å². The summed E-state index contributed by atoms with van der Waals surface area (Å²) >= 11 is 2.29. The Morgan fingerprint density at radius 1 is 1.19 bits per heavy atom. The normalized spacial score (nSPS) is 15.2. The van der Waals surface area contributed by atoms with Gasteiger partial charge in [-0.3, -0.25) is 19.3 Å². The SMILES string of the molecule is N#CCCN(C(=O)CN1C(=O)S/C(=C\c2cccs2)C1=O)c1ccccc1. The standard InChI is InChI=1S/C19H15N3O3S2/c20-9-5-10-21(14-6-2-1-3-7-14)17(23)13-22-18(24)16(27-19(22)25)12-15-8-4-11-26-15/h1-4,6-8,11-12H,5,10,13H2/b16-12-. The Labute approximate surface area is 164 Å². The van der Waals surface area contributed by atoms with Crippen LogP contribution in [-0.4, -0.2) is 35.0 Å². The van der Waals surface area contributed by atoms with Crippen molar-refractivity contribution in [2.75, 3.05) is 18.0 Å². The predicted octanol–water partition coefficient (Wildman–Crippen LogP) is 3.73. The molecule has 1 saturated heterocycles. The first-order chi connectivity index (χ1) is 13.1. The number of para-hydroxylation sites is 1. The third-order valence-electron chi connectivity index (χ3n) is 3.80. The molecule has 0 radical (unpaired) electrons. The Kier molecular flexibility index (Phi) is 6.06. The number of benzene rings is 1. The van der Waals surface area contributed by atoms with E-state index in [0.717, 1.165) is 21.5 Å². The summed E-state index contributed by atoms with van der Waals surface area (Å²) in [5, 5.41) is 10.3. The highest BCUT2D eigenvalue weighted by Crippen LogP contribution is 2.33. The molecule has 1 fully saturated rings. The van der Waals surface area contributed by atoms with E-state index in [1.165, 1.54) is 16.2 Å². The largest absolute Gasteiger partial charge is 0.310 e. The Balaban J connectivity index is 1.76. The number of nitriles is 1. The van der Waals surface area contributed by atoms with E-state index in [1.54, 1.807) is 30.3 Å². The van der Waals surface area contributed by atoms with E-state index >= 15 is 0 Å². The molecule has 0 aliphatic carbocycles. The molecule has 1 aromatic heterocycles. The molecular formula is C19H15N3O3S2. The van der Waals surface area contributed by atoms with Crippen LogP contribution in [0.15, 0.2) is 52.7 Å². The molecule has 2 aromatic rings. The van der Waals surface area contributed by atoms with E-state index in [2.05, 4.69) is 0 Å². The minimum Gasteiger partial charge on any atom is -0.310 e. The summed E-state index contributed by atoms with van der Waals surface area (Å²) < 4.78 is 0. The molecule has 1 aliphatic heterocycles. The Hall–Kier alpha value is -2.89. The zero-order valence-corrected chi connectivity index (χ0v) is 15.8. The Morgan fingerprint density at radius 2 is 1.96 bits per heavy atom. The number of imide groups is 1. The number of amides is 3. The van der Waals surface area contributed by atoms with Crippen LogP contribution in [0.25, 0.3) is 6.08 Å². The summed E-state index contributed by atoms with van der Waals surface area (Å²) in [7, 11) is 0. The molecule has 6 nitrogen and oxygen atoms in total. The number of anilines is 1. The number of hydrogen-bond acceptors (Lipinski definition) is 6. The van der Waals surface area contributed by atoms with Gasteiger partial charge >= 0.3 is 0 Å². The quantitative estimate of drug-likeness (QED) is 0.694. The van der Waals surface area contributed by atoms with Crippen LogP contribution in [0, 0.1) is 11.3 Å². The molecule has 2 heterocycles. The van der Waals surface area contributed by atoms with E-state index in [0.29, 0.717) is 10.6 Å². The van der Waals surface area contributed by atoms with Gasteiger partial charge in [0.15, 0.2) is 0 Å². The van der Waals surface area contributed by atoms with Crippen molar-refractivity contribution in [3.8, 4) is 6.07 Å². The molecule has 0 unspecified atom stereocenters. The van der Waals surface area contributed by atoms with Gasteiger partial charge in [0, 0.05) is 17.1 Å². The number of thioether (sulfide) groups is 1. The van der Waals surface area contributed by atoms with Crippen molar-refractivity contribution in [2.24, 2.45) is 0 Å². The fraction of sp³-hybridized carbons (Fsp3) is 0.158. The zero-order valence-electron chi connectivity index (χ0n) is 14.2. The van der Waals surface area contributed by atoms with Crippen molar-refractivity contribution in [2.45, 2.75) is 6.42 Å². The van der Waals surface area contributed by atoms with E-state index < -0.39 is 17.1 Å². The maximum atomic E-state index is 12.8. The van der Waals surface area contributed by atoms with Crippen LogP contribution in [0.3, 0.4) is 0 Å². The molecule has 3 rings (SSSR count). The third kappa shape index (κ3) is 4.45. The number of rotatable bonds is 6. The van der Waals surface area contributed by atoms with E-state index in [1.807, 2.05) is 29.6 Å². The number of nitrogens with zero attached hydrogens (tertiary/aromatic N) is 3. The molecule has 1 aromatic carbocycles. The second-order valence-electron chi connectivity index (χ2n) is 5.57. The number of carbonyl (C=O) groups is 3. The minimum atomic E-state index is -0.472. The summed E-state index contributed by atoms with van der Waals surface area (Å²) in [5.74, 6) is -0.879. The molecule has 8 heteroatoms. The van der Waals surface area contributed by atoms with E-state index in [4.69, 9.17) is 5.26 Å². The molecule has 0 saturated carbocycles. The highest BCUT2D eigenvalue weighted by molar-refractivity contribution is 8.18. The molecule has 0 N–H and O–H groups in total. The lowest BCUT2D eigenvalue weighted by molar-refractivity contribution is -0.128. The topological polar surface area (TPSA) is 81.5 Å². The minimum absolute atomic E-state index is 0.154. The van der Waals surface area contributed by atoms with Gasteiger partial charge in [-0.1, -0.05) is 24.3 Å². The Morgan fingerprint density at radius 3 is 2.63 bits per heavy atom. The van der Waals surface area contributed by atoms with Gasteiger partial charge in [-0.05, 0) is 41.4 Å². The first-order valence-corrected chi connectivity index (χ1v) is 9.81. The van der Waals surface area contributed by atoms with Crippen molar-refractivity contribution in [1.29, 1.82) is 5.26 Å². The van der Waals surface area contributed by atoms with Gasteiger partial charge in [0.25, 0.3) is 11.1 Å². The van der Waals surface area contributed by atoms with Crippen LogP contribution in [0.2, 0.25) is 0 Å². The summed E-state index contributed by atoms with van der Waals surface area (Å²) in [6.45, 7) is -0.159. The smallest absolute Gasteiger partial charge is 0.294 e. The van der Waals surface area contributed by atoms with Gasteiger partial charge in [0.2, 0.25) is 5.91 Å². The van der Waals surface area contributed by atoms with Gasteiger partial charge < -0.3 is 4.90 Å². The fourth-order valence-corrected chi connectivity index (χ4v) is 4.09. The maximum absolute atomic E-state index is 12.8. The van der Waals surface area contributed by atoms with E-state index in [-0.39, 0.29) is 19.5 Å². The molecular weight excluding hydrogens is 382 g/mol. The van der Waals surface area contributed by atoms with Gasteiger partial charge in [-0.15, -0.1) is 11.3 Å². The van der Waals surface area contributed by atoms with Gasteiger partial charge in [-0.2, -0.15) is 5.26 Å². The number of carbonyl (C=O) groups excluding carboxylic acids is 3. The second-order valence-corrected chi connectivity index (χ2v) is 7.54. The summed E-state index contributed by atoms with van der Waals surface area (Å²) in [4.78, 5) is 41.1. The lowest BCUT2D eigenvalue weighted by atomic mass is 10.2. The first-order valence-electron chi connectivity index (χ1n) is 8.11. The van der Waals surface area contributed by atoms with Crippen molar-refractivity contribution in [1.82, 2.24) is 4.90 Å². The number of thiophene rings is 1. The second kappa shape index (κ2) is 8.66. The average molecular weight is 397 g/mol. The highest BCUT2D eigenvalue weighted by Gasteiger charge is 2.37. The highest BCUT2D eigenvalue weighted by atomic mass is 32.2. The van der Waals surface area contributed by atoms with Crippen LogP contribution in [0.5, 0.6) is 0 Å². The van der Waals surface area contributed by atoms with Crippen LogP contribution in [0.1, 0.15) is 11.3 Å². The lowest BCUT2D eigenvalue weighted by Crippen LogP contribution is -2.42. The van der Waals surface area contributed by atoms with Crippen molar-refractivity contribution >= 4 is 51.9 Å². The van der Waals surface area contributed by atoms with Crippen LogP contribution in [-0.2, 0) is 9.59 Å². The van der Waals surface area contributed by atoms with Crippen molar-refractivity contribution in [3.05, 3.63) is 57.6 Å². The van der Waals surface area contributed by atoms with Gasteiger partial charge in [0.1, 0.15) is 6.54 Å². The van der Waals surface area contributed by atoms with Crippen molar-refractivity contribution in [3.63, 3.8) is 0 Å². The molecule has 27 heavy (non-hydrogen) atoms. The average Bonchev–Trinajstić information content (AvgIpc) is 3.27. The molecule has 136 valence electrons. The fourth-order valence-electron chi connectivity index (χ4n) is 2.53. The lowest BCUT2D eigenvalue weighted by Gasteiger charge is -2.23. The van der Waals surface area contributed by atoms with E-state index in [9.17, 15) is 14.4 Å². The molecule has 0 spiro atoms. The summed E-state index contributed by atoms with van der Waals surface area (Å²) in [5.41, 5.74) is 0.624. The predicted molar refractivity (Wildman–Crippen MR) is 106 cm³/mol. The monoisotopic (exact) mass is 397 g/mol. The summed E-state index contributed by atoms with van der Waals surface area (Å²) in [6, 6.07) is 14.6. The van der Waals surface area contributed by atoms with Gasteiger partial charge in [0.05, 0.1) is 17.4 Å². The van der Waals surface area contributed by atoms with Crippen LogP contribution < -0.4 is 4.90 Å². The van der Waals surface area contributed by atoms with Crippen LogP contribution >= 0.6 is 23.1 Å². The zero-order chi connectivity index (χ0) is 19.2. The molecule has 0 bridgehead atoms. The molecule has 1 aliphatic rings. The first kappa shape index (κ1) is 18.9. The third-order valence-corrected chi connectivity index (χ3v) is 5.53. The summed E-state index contributed by atoms with van der Waals surface area (Å²) in [6.07, 6.45) is 1.81.